The topological polar surface area (TPSA) is 66.6 Å². The minimum Gasteiger partial charge on any atom is -0.398 e. The molecule has 0 bridgehead atoms. The van der Waals surface area contributed by atoms with E-state index in [1.165, 1.54) is 16.4 Å². The van der Waals surface area contributed by atoms with Crippen LogP contribution in [-0.2, 0) is 10.0 Å². The number of hydrogen-bond acceptors (Lipinski definition) is 4. The number of hydrogen-bond donors (Lipinski definition) is 1. The van der Waals surface area contributed by atoms with Crippen molar-refractivity contribution in [2.24, 2.45) is 0 Å². The molecule has 0 amide bonds. The number of nitrogens with two attached hydrogens (primary N) is 1. The summed E-state index contributed by atoms with van der Waals surface area (Å²) in [6.07, 6.45) is 0.654. The Morgan fingerprint density at radius 1 is 1.20 bits per heavy atom. The average Bonchev–Trinajstić information content (AvgIpc) is 2.33. The number of sulfonamides is 1. The lowest BCUT2D eigenvalue weighted by molar-refractivity contribution is 0.332. The standard InChI is InChI=1S/C13H22FN3O2S/c1-4-8-17(10-9-16(2)3)20(18,19)13-11(14)6-5-7-12(13)15/h5-7H,4,8-10,15H2,1-3H3. The minimum atomic E-state index is -3.91. The maximum absolute atomic E-state index is 13.8. The van der Waals surface area contributed by atoms with Crippen molar-refractivity contribution in [1.29, 1.82) is 0 Å². The van der Waals surface area contributed by atoms with Crippen LogP contribution in [-0.4, -0.2) is 51.4 Å². The Bertz CT molecular complexity index is 526. The molecule has 0 fully saturated rings. The highest BCUT2D eigenvalue weighted by atomic mass is 32.2. The predicted molar refractivity (Wildman–Crippen MR) is 78.4 cm³/mol. The van der Waals surface area contributed by atoms with Gasteiger partial charge in [-0.15, -0.1) is 0 Å². The molecule has 1 aromatic carbocycles. The molecule has 20 heavy (non-hydrogen) atoms. The van der Waals surface area contributed by atoms with Crippen LogP contribution in [0, 0.1) is 5.82 Å². The maximum atomic E-state index is 13.8. The Labute approximate surface area is 120 Å². The molecule has 0 aliphatic rings. The number of benzene rings is 1. The van der Waals surface area contributed by atoms with Crippen LogP contribution < -0.4 is 5.73 Å². The van der Waals surface area contributed by atoms with E-state index in [9.17, 15) is 12.8 Å². The Hall–Kier alpha value is -1.18. The molecule has 0 saturated carbocycles. The predicted octanol–water partition coefficient (Wildman–Crippen LogP) is 1.37. The molecule has 0 spiro atoms. The second-order valence-corrected chi connectivity index (χ2v) is 6.74. The van der Waals surface area contributed by atoms with Crippen LogP contribution in [0.2, 0.25) is 0 Å². The molecular formula is C13H22FN3O2S. The molecule has 2 N–H and O–H groups in total. The van der Waals surface area contributed by atoms with Crippen LogP contribution in [0.4, 0.5) is 10.1 Å². The van der Waals surface area contributed by atoms with Gasteiger partial charge in [0.15, 0.2) is 0 Å². The van der Waals surface area contributed by atoms with Crippen molar-refractivity contribution in [3.63, 3.8) is 0 Å². The van der Waals surface area contributed by atoms with Crippen molar-refractivity contribution in [2.45, 2.75) is 18.2 Å². The first-order chi connectivity index (χ1) is 9.30. The van der Waals surface area contributed by atoms with Gasteiger partial charge in [0.25, 0.3) is 0 Å². The van der Waals surface area contributed by atoms with E-state index in [1.807, 2.05) is 25.9 Å². The number of anilines is 1. The quantitative estimate of drug-likeness (QED) is 0.773. The SMILES string of the molecule is CCCN(CCN(C)C)S(=O)(=O)c1c(N)cccc1F. The van der Waals surface area contributed by atoms with Gasteiger partial charge < -0.3 is 10.6 Å². The summed E-state index contributed by atoms with van der Waals surface area (Å²) >= 11 is 0. The molecule has 0 atom stereocenters. The van der Waals surface area contributed by atoms with E-state index in [-0.39, 0.29) is 5.69 Å². The van der Waals surface area contributed by atoms with Gasteiger partial charge in [-0.3, -0.25) is 0 Å². The van der Waals surface area contributed by atoms with Gasteiger partial charge in [-0.2, -0.15) is 4.31 Å². The van der Waals surface area contributed by atoms with Crippen molar-refractivity contribution in [3.05, 3.63) is 24.0 Å². The molecule has 1 rings (SSSR count). The number of halogens is 1. The highest BCUT2D eigenvalue weighted by Crippen LogP contribution is 2.25. The molecule has 0 aliphatic heterocycles. The van der Waals surface area contributed by atoms with E-state index in [0.717, 1.165) is 6.07 Å². The average molecular weight is 303 g/mol. The number of likely N-dealkylation sites (N-methyl/N-ethyl adjacent to an activating group) is 1. The number of nitrogens with zero attached hydrogens (tertiary/aromatic N) is 2. The first-order valence-electron chi connectivity index (χ1n) is 6.49. The van der Waals surface area contributed by atoms with Crippen LogP contribution in [0.1, 0.15) is 13.3 Å². The lowest BCUT2D eigenvalue weighted by atomic mass is 10.3. The fourth-order valence-corrected chi connectivity index (χ4v) is 3.52. The third-order valence-electron chi connectivity index (χ3n) is 2.86. The molecule has 0 heterocycles. The van der Waals surface area contributed by atoms with E-state index in [2.05, 4.69) is 0 Å². The molecule has 7 heteroatoms. The van der Waals surface area contributed by atoms with Gasteiger partial charge in [-0.1, -0.05) is 13.0 Å². The van der Waals surface area contributed by atoms with E-state index >= 15 is 0 Å². The number of rotatable bonds is 7. The number of nitrogen functional groups attached to an aromatic ring is 1. The van der Waals surface area contributed by atoms with E-state index in [4.69, 9.17) is 5.73 Å². The van der Waals surface area contributed by atoms with Crippen LogP contribution in [0.15, 0.2) is 23.1 Å². The third-order valence-corrected chi connectivity index (χ3v) is 4.86. The fourth-order valence-electron chi connectivity index (χ4n) is 1.84. The molecule has 0 saturated heterocycles. The van der Waals surface area contributed by atoms with E-state index < -0.39 is 20.7 Å². The van der Waals surface area contributed by atoms with Gasteiger partial charge in [-0.25, -0.2) is 12.8 Å². The lowest BCUT2D eigenvalue weighted by Gasteiger charge is -2.24. The smallest absolute Gasteiger partial charge is 0.248 e. The van der Waals surface area contributed by atoms with Crippen molar-refractivity contribution in [1.82, 2.24) is 9.21 Å². The summed E-state index contributed by atoms with van der Waals surface area (Å²) in [6, 6.07) is 3.90. The van der Waals surface area contributed by atoms with Crippen LogP contribution in [0.3, 0.4) is 0 Å². The van der Waals surface area contributed by atoms with Gasteiger partial charge in [0, 0.05) is 19.6 Å². The zero-order valence-electron chi connectivity index (χ0n) is 12.1. The monoisotopic (exact) mass is 303 g/mol. The maximum Gasteiger partial charge on any atom is 0.248 e. The zero-order valence-corrected chi connectivity index (χ0v) is 13.0. The fraction of sp³-hybridized carbons (Fsp3) is 0.538. The molecule has 0 radical (unpaired) electrons. The molecule has 1 aromatic rings. The first-order valence-corrected chi connectivity index (χ1v) is 7.93. The van der Waals surface area contributed by atoms with Crippen molar-refractivity contribution < 1.29 is 12.8 Å². The van der Waals surface area contributed by atoms with Gasteiger partial charge in [-0.05, 0) is 32.6 Å². The summed E-state index contributed by atoms with van der Waals surface area (Å²) in [6.45, 7) is 3.08. The lowest BCUT2D eigenvalue weighted by Crippen LogP contribution is -2.37. The van der Waals surface area contributed by atoms with Gasteiger partial charge in [0.1, 0.15) is 10.7 Å². The summed E-state index contributed by atoms with van der Waals surface area (Å²) in [5.74, 6) is -0.809. The van der Waals surface area contributed by atoms with Crippen LogP contribution >= 0.6 is 0 Å². The summed E-state index contributed by atoms with van der Waals surface area (Å²) in [7, 11) is -0.203. The Kier molecular flexibility index (Phi) is 5.91. The van der Waals surface area contributed by atoms with E-state index in [1.54, 1.807) is 0 Å². The second-order valence-electron chi connectivity index (χ2n) is 4.87. The molecular weight excluding hydrogens is 281 g/mol. The van der Waals surface area contributed by atoms with E-state index in [0.29, 0.717) is 26.1 Å². The Balaban J connectivity index is 3.16. The van der Waals surface area contributed by atoms with Crippen molar-refractivity contribution >= 4 is 15.7 Å². The summed E-state index contributed by atoms with van der Waals surface area (Å²) in [4.78, 5) is 1.45. The highest BCUT2D eigenvalue weighted by molar-refractivity contribution is 7.89. The highest BCUT2D eigenvalue weighted by Gasteiger charge is 2.28. The zero-order chi connectivity index (χ0) is 15.3. The van der Waals surface area contributed by atoms with Gasteiger partial charge in [0.05, 0.1) is 5.69 Å². The van der Waals surface area contributed by atoms with Crippen molar-refractivity contribution in [2.75, 3.05) is 39.5 Å². The molecule has 0 aliphatic carbocycles. The second kappa shape index (κ2) is 7.01. The van der Waals surface area contributed by atoms with Crippen molar-refractivity contribution in [3.8, 4) is 0 Å². The first kappa shape index (κ1) is 16.9. The molecule has 0 aromatic heterocycles. The Morgan fingerprint density at radius 3 is 2.35 bits per heavy atom. The summed E-state index contributed by atoms with van der Waals surface area (Å²) in [5.41, 5.74) is 5.58. The Morgan fingerprint density at radius 2 is 1.85 bits per heavy atom. The summed E-state index contributed by atoms with van der Waals surface area (Å²) < 4.78 is 40.3. The molecule has 5 nitrogen and oxygen atoms in total. The molecule has 114 valence electrons. The van der Waals surface area contributed by atoms with Gasteiger partial charge >= 0.3 is 0 Å². The summed E-state index contributed by atoms with van der Waals surface area (Å²) in [5, 5.41) is 0. The normalized spacial score (nSPS) is 12.3. The largest absolute Gasteiger partial charge is 0.398 e. The van der Waals surface area contributed by atoms with Gasteiger partial charge in [0.2, 0.25) is 10.0 Å². The third kappa shape index (κ3) is 3.91. The van der Waals surface area contributed by atoms with Crippen LogP contribution in [0.25, 0.3) is 0 Å². The minimum absolute atomic E-state index is 0.0593. The van der Waals surface area contributed by atoms with Crippen LogP contribution in [0.5, 0.6) is 0 Å². The molecule has 0 unspecified atom stereocenters.